The second-order valence-electron chi connectivity index (χ2n) is 7.03. The van der Waals surface area contributed by atoms with Crippen LogP contribution in [0.25, 0.3) is 22.5 Å². The largest absolute Gasteiger partial charge is 0.340 e. The Labute approximate surface area is 163 Å². The van der Waals surface area contributed by atoms with Crippen LogP contribution in [0.15, 0.2) is 55.1 Å². The monoisotopic (exact) mass is 376 g/mol. The molecule has 0 fully saturated rings. The Bertz CT molecular complexity index is 1120. The van der Waals surface area contributed by atoms with Gasteiger partial charge < -0.3 is 9.30 Å². The summed E-state index contributed by atoms with van der Waals surface area (Å²) in [4.78, 5) is 14.3. The number of hydrogen-bond acceptors (Lipinski definition) is 3. The molecule has 0 atom stereocenters. The molecular formula is C21H24N6O. The second-order valence-corrected chi connectivity index (χ2v) is 7.03. The van der Waals surface area contributed by atoms with Crippen LogP contribution in [0.1, 0.15) is 30.3 Å². The van der Waals surface area contributed by atoms with Crippen LogP contribution in [0.2, 0.25) is 0 Å². The quantitative estimate of drug-likeness (QED) is 0.518. The molecule has 0 aliphatic carbocycles. The van der Waals surface area contributed by atoms with Crippen LogP contribution in [0.4, 0.5) is 0 Å². The van der Waals surface area contributed by atoms with E-state index in [2.05, 4.69) is 39.9 Å². The highest BCUT2D eigenvalue weighted by Gasteiger charge is 2.16. The number of pyridine rings is 1. The molecule has 0 unspecified atom stereocenters. The van der Waals surface area contributed by atoms with Crippen LogP contribution >= 0.6 is 0 Å². The first-order valence-corrected chi connectivity index (χ1v) is 9.48. The molecule has 4 aromatic rings. The van der Waals surface area contributed by atoms with E-state index in [-0.39, 0.29) is 5.91 Å². The Morgan fingerprint density at radius 3 is 2.68 bits per heavy atom. The number of amides is 1. The highest BCUT2D eigenvalue weighted by Crippen LogP contribution is 2.22. The van der Waals surface area contributed by atoms with Gasteiger partial charge in [0.1, 0.15) is 5.82 Å². The van der Waals surface area contributed by atoms with E-state index in [0.29, 0.717) is 5.69 Å². The van der Waals surface area contributed by atoms with Crippen molar-refractivity contribution in [3.8, 4) is 16.9 Å². The highest BCUT2D eigenvalue weighted by molar-refractivity contribution is 5.92. The molecule has 0 N–H and O–H groups in total. The Balaban J connectivity index is 1.66. The van der Waals surface area contributed by atoms with E-state index < -0.39 is 0 Å². The summed E-state index contributed by atoms with van der Waals surface area (Å²) in [6.07, 6.45) is 9.78. The van der Waals surface area contributed by atoms with Gasteiger partial charge in [-0.1, -0.05) is 19.4 Å². The molecule has 0 aliphatic rings. The van der Waals surface area contributed by atoms with Crippen molar-refractivity contribution < 1.29 is 4.79 Å². The van der Waals surface area contributed by atoms with E-state index in [4.69, 9.17) is 0 Å². The van der Waals surface area contributed by atoms with Gasteiger partial charge in [0.2, 0.25) is 0 Å². The maximum absolute atomic E-state index is 12.6. The Hall–Kier alpha value is -3.35. The summed E-state index contributed by atoms with van der Waals surface area (Å²) in [5.74, 6) is 0.833. The fraction of sp³-hybridized carbons (Fsp3) is 0.286. The Morgan fingerprint density at radius 2 is 1.93 bits per heavy atom. The molecule has 0 aliphatic heterocycles. The Kier molecular flexibility index (Phi) is 4.73. The van der Waals surface area contributed by atoms with Gasteiger partial charge in [-0.3, -0.25) is 9.48 Å². The molecule has 0 aromatic carbocycles. The lowest BCUT2D eigenvalue weighted by atomic mass is 10.1. The van der Waals surface area contributed by atoms with Crippen molar-refractivity contribution in [3.05, 3.63) is 60.8 Å². The van der Waals surface area contributed by atoms with Gasteiger partial charge in [0.25, 0.3) is 5.91 Å². The smallest absolute Gasteiger partial charge is 0.274 e. The van der Waals surface area contributed by atoms with Gasteiger partial charge in [0.15, 0.2) is 5.69 Å². The van der Waals surface area contributed by atoms with Crippen molar-refractivity contribution in [2.45, 2.75) is 19.8 Å². The van der Waals surface area contributed by atoms with Gasteiger partial charge in [-0.05, 0) is 30.7 Å². The predicted molar refractivity (Wildman–Crippen MR) is 109 cm³/mol. The molecule has 0 saturated carbocycles. The van der Waals surface area contributed by atoms with Crippen LogP contribution in [-0.2, 0) is 7.05 Å². The molecule has 4 rings (SSSR count). The van der Waals surface area contributed by atoms with E-state index in [0.717, 1.165) is 41.8 Å². The van der Waals surface area contributed by atoms with Crippen molar-refractivity contribution in [1.82, 2.24) is 28.9 Å². The maximum Gasteiger partial charge on any atom is 0.274 e. The van der Waals surface area contributed by atoms with E-state index >= 15 is 0 Å². The van der Waals surface area contributed by atoms with E-state index in [1.165, 1.54) is 0 Å². The van der Waals surface area contributed by atoms with E-state index in [1.54, 1.807) is 20.3 Å². The summed E-state index contributed by atoms with van der Waals surface area (Å²) < 4.78 is 5.61. The van der Waals surface area contributed by atoms with Crippen molar-refractivity contribution in [2.75, 3.05) is 13.6 Å². The molecule has 7 nitrogen and oxygen atoms in total. The SMILES string of the molecule is CCCCN(C)C(=O)c1ccn(-c2ccc3ccc(-c4cnn(C)c4)cn23)n1. The molecule has 28 heavy (non-hydrogen) atoms. The first kappa shape index (κ1) is 18.0. The summed E-state index contributed by atoms with van der Waals surface area (Å²) >= 11 is 0. The van der Waals surface area contributed by atoms with Crippen molar-refractivity contribution in [1.29, 1.82) is 0 Å². The van der Waals surface area contributed by atoms with Crippen LogP contribution in [0.5, 0.6) is 0 Å². The third-order valence-corrected chi connectivity index (χ3v) is 4.90. The number of aromatic nitrogens is 5. The molecule has 0 spiro atoms. The minimum absolute atomic E-state index is 0.0517. The molecule has 4 aromatic heterocycles. The lowest BCUT2D eigenvalue weighted by Crippen LogP contribution is -2.28. The van der Waals surface area contributed by atoms with Crippen molar-refractivity contribution in [3.63, 3.8) is 0 Å². The molecule has 7 heteroatoms. The fourth-order valence-corrected chi connectivity index (χ4v) is 3.27. The molecule has 144 valence electrons. The number of unbranched alkanes of at least 4 members (excludes halogenated alkanes) is 1. The summed E-state index contributed by atoms with van der Waals surface area (Å²) in [6, 6.07) is 9.97. The molecule has 0 saturated heterocycles. The molecule has 0 bridgehead atoms. The van der Waals surface area contributed by atoms with Gasteiger partial charge >= 0.3 is 0 Å². The summed E-state index contributed by atoms with van der Waals surface area (Å²) in [5.41, 5.74) is 3.64. The van der Waals surface area contributed by atoms with Crippen LogP contribution < -0.4 is 0 Å². The van der Waals surface area contributed by atoms with Crippen LogP contribution in [-0.4, -0.2) is 48.4 Å². The maximum atomic E-state index is 12.6. The third-order valence-electron chi connectivity index (χ3n) is 4.90. The lowest BCUT2D eigenvalue weighted by molar-refractivity contribution is 0.0787. The predicted octanol–water partition coefficient (Wildman–Crippen LogP) is 3.40. The average molecular weight is 376 g/mol. The summed E-state index contributed by atoms with van der Waals surface area (Å²) in [6.45, 7) is 2.86. The number of fused-ring (bicyclic) bond motifs is 1. The summed E-state index contributed by atoms with van der Waals surface area (Å²) in [7, 11) is 3.73. The zero-order chi connectivity index (χ0) is 19.7. The van der Waals surface area contributed by atoms with Crippen molar-refractivity contribution in [2.24, 2.45) is 7.05 Å². The summed E-state index contributed by atoms with van der Waals surface area (Å²) in [5, 5.41) is 8.78. The zero-order valence-corrected chi connectivity index (χ0v) is 16.4. The van der Waals surface area contributed by atoms with Gasteiger partial charge in [-0.15, -0.1) is 0 Å². The number of hydrogen-bond donors (Lipinski definition) is 0. The van der Waals surface area contributed by atoms with Crippen LogP contribution in [0.3, 0.4) is 0 Å². The third kappa shape index (κ3) is 3.31. The molecular weight excluding hydrogens is 352 g/mol. The van der Waals surface area contributed by atoms with Gasteiger partial charge in [-0.2, -0.15) is 10.2 Å². The van der Waals surface area contributed by atoms with Gasteiger partial charge in [0.05, 0.1) is 6.20 Å². The molecule has 1 amide bonds. The number of carbonyl (C=O) groups excluding carboxylic acids is 1. The van der Waals surface area contributed by atoms with Gasteiger partial charge in [0, 0.05) is 55.9 Å². The fourth-order valence-electron chi connectivity index (χ4n) is 3.27. The highest BCUT2D eigenvalue weighted by atomic mass is 16.2. The second kappa shape index (κ2) is 7.34. The first-order chi connectivity index (χ1) is 13.6. The molecule has 0 radical (unpaired) electrons. The standard InChI is InChI=1S/C21H24N6O/c1-4-5-11-24(2)21(28)19-10-12-27(23-19)20-9-8-18-7-6-16(15-26(18)20)17-13-22-25(3)14-17/h6-10,12-15H,4-5,11H2,1-3H3. The van der Waals surface area contributed by atoms with Crippen LogP contribution in [0, 0.1) is 0 Å². The number of aryl methyl sites for hydroxylation is 1. The minimum Gasteiger partial charge on any atom is -0.340 e. The van der Waals surface area contributed by atoms with Crippen molar-refractivity contribution >= 4 is 11.4 Å². The zero-order valence-electron chi connectivity index (χ0n) is 16.4. The number of rotatable bonds is 6. The minimum atomic E-state index is -0.0517. The molecule has 4 heterocycles. The lowest BCUT2D eigenvalue weighted by Gasteiger charge is -2.14. The number of nitrogens with zero attached hydrogens (tertiary/aromatic N) is 6. The first-order valence-electron chi connectivity index (χ1n) is 9.48. The number of carbonyl (C=O) groups is 1. The Morgan fingerprint density at radius 1 is 1.11 bits per heavy atom. The van der Waals surface area contributed by atoms with Gasteiger partial charge in [-0.25, -0.2) is 4.68 Å². The topological polar surface area (TPSA) is 60.4 Å². The van der Waals surface area contributed by atoms with E-state index in [9.17, 15) is 4.79 Å². The average Bonchev–Trinajstić information content (AvgIpc) is 3.43. The normalized spacial score (nSPS) is 11.2. The van der Waals surface area contributed by atoms with E-state index in [1.807, 2.05) is 44.8 Å².